The largest absolute Gasteiger partial charge is 0.508 e. The van der Waals surface area contributed by atoms with Gasteiger partial charge in [0.25, 0.3) is 0 Å². The van der Waals surface area contributed by atoms with Gasteiger partial charge >= 0.3 is 0 Å². The number of aryl methyl sites for hydroxylation is 3. The molecule has 1 aromatic carbocycles. The van der Waals surface area contributed by atoms with E-state index in [0.717, 1.165) is 56.2 Å². The zero-order valence-electron chi connectivity index (χ0n) is 15.1. The van der Waals surface area contributed by atoms with Crippen LogP contribution in [-0.2, 0) is 0 Å². The van der Waals surface area contributed by atoms with Gasteiger partial charge in [-0.25, -0.2) is 19.9 Å². The third kappa shape index (κ3) is 2.50. The first kappa shape index (κ1) is 16.2. The molecule has 0 saturated heterocycles. The maximum atomic E-state index is 10.1. The predicted molar refractivity (Wildman–Crippen MR) is 101 cm³/mol. The maximum absolute atomic E-state index is 10.1. The fraction of sp³-hybridized carbons (Fsp3) is 0.200. The van der Waals surface area contributed by atoms with Crippen LogP contribution < -0.4 is 0 Å². The van der Waals surface area contributed by atoms with E-state index in [1.807, 2.05) is 33.8 Å². The third-order valence-corrected chi connectivity index (χ3v) is 4.72. The second-order valence-corrected chi connectivity index (χ2v) is 6.50. The molecule has 0 atom stereocenters. The highest BCUT2D eigenvalue weighted by atomic mass is 16.3. The number of rotatable bonds is 2. The zero-order valence-corrected chi connectivity index (χ0v) is 15.1. The predicted octanol–water partition coefficient (Wildman–Crippen LogP) is 4.02. The molecule has 4 aromatic rings. The highest BCUT2D eigenvalue weighted by molar-refractivity contribution is 5.86. The van der Waals surface area contributed by atoms with E-state index in [2.05, 4.69) is 19.9 Å². The smallest absolute Gasteiger partial charge is 0.156 e. The Hall–Kier alpha value is -3.28. The number of phenolic OH excluding ortho intramolecular Hbond substituents is 1. The first-order valence-electron chi connectivity index (χ1n) is 8.39. The number of nitrogens with one attached hydrogen (secondary N) is 1. The van der Waals surface area contributed by atoms with E-state index in [1.54, 1.807) is 24.7 Å². The molecule has 0 spiro atoms. The van der Waals surface area contributed by atoms with Crippen molar-refractivity contribution in [1.29, 1.82) is 0 Å². The van der Waals surface area contributed by atoms with Crippen LogP contribution in [0.1, 0.15) is 22.5 Å². The second-order valence-electron chi connectivity index (χ2n) is 6.50. The lowest BCUT2D eigenvalue weighted by molar-refractivity contribution is 0.471. The molecule has 0 bridgehead atoms. The van der Waals surface area contributed by atoms with Gasteiger partial charge in [0.2, 0.25) is 0 Å². The van der Waals surface area contributed by atoms with Crippen LogP contribution in [0.15, 0.2) is 30.7 Å². The molecule has 6 nitrogen and oxygen atoms in total. The van der Waals surface area contributed by atoms with Gasteiger partial charge in [0, 0.05) is 34.6 Å². The van der Waals surface area contributed by atoms with Gasteiger partial charge in [-0.2, -0.15) is 0 Å². The second kappa shape index (κ2) is 5.91. The Morgan fingerprint density at radius 3 is 2.35 bits per heavy atom. The van der Waals surface area contributed by atoms with Crippen molar-refractivity contribution in [2.45, 2.75) is 27.7 Å². The first-order valence-corrected chi connectivity index (χ1v) is 8.39. The molecule has 3 heterocycles. The molecule has 0 unspecified atom stereocenters. The molecule has 26 heavy (non-hydrogen) atoms. The molecule has 2 N–H and O–H groups in total. The Morgan fingerprint density at radius 2 is 1.62 bits per heavy atom. The topological polar surface area (TPSA) is 87.6 Å². The van der Waals surface area contributed by atoms with Gasteiger partial charge in [-0.1, -0.05) is 6.07 Å². The van der Waals surface area contributed by atoms with E-state index in [9.17, 15) is 5.11 Å². The van der Waals surface area contributed by atoms with Crippen LogP contribution in [0.4, 0.5) is 0 Å². The van der Waals surface area contributed by atoms with Gasteiger partial charge in [-0.15, -0.1) is 0 Å². The molecule has 3 aromatic heterocycles. The molecule has 0 radical (unpaired) electrons. The van der Waals surface area contributed by atoms with Crippen molar-refractivity contribution >= 4 is 11.2 Å². The highest BCUT2D eigenvalue weighted by Crippen LogP contribution is 2.33. The number of phenols is 1. The van der Waals surface area contributed by atoms with E-state index < -0.39 is 0 Å². The van der Waals surface area contributed by atoms with E-state index in [1.165, 1.54) is 0 Å². The first-order chi connectivity index (χ1) is 12.5. The highest BCUT2D eigenvalue weighted by Gasteiger charge is 2.16. The van der Waals surface area contributed by atoms with Crippen LogP contribution in [0.2, 0.25) is 0 Å². The quantitative estimate of drug-likeness (QED) is 0.573. The van der Waals surface area contributed by atoms with Crippen LogP contribution in [0, 0.1) is 27.7 Å². The number of nitrogens with zero attached hydrogens (tertiary/aromatic N) is 4. The normalized spacial score (nSPS) is 11.2. The summed E-state index contributed by atoms with van der Waals surface area (Å²) in [5.41, 5.74) is 7.86. The van der Waals surface area contributed by atoms with E-state index in [0.29, 0.717) is 0 Å². The number of aromatic nitrogens is 5. The molecule has 130 valence electrons. The molecule has 0 aliphatic carbocycles. The summed E-state index contributed by atoms with van der Waals surface area (Å²) in [4.78, 5) is 21.2. The van der Waals surface area contributed by atoms with Gasteiger partial charge in [0.15, 0.2) is 5.65 Å². The van der Waals surface area contributed by atoms with E-state index >= 15 is 0 Å². The van der Waals surface area contributed by atoms with Crippen molar-refractivity contribution in [2.75, 3.05) is 0 Å². The summed E-state index contributed by atoms with van der Waals surface area (Å²) < 4.78 is 0. The SMILES string of the molecule is Cc1ncc(-c2[nH]c3ncc(-c4c(C)ccc(O)c4C)nc3c2C)cn1. The van der Waals surface area contributed by atoms with Crippen molar-refractivity contribution in [1.82, 2.24) is 24.9 Å². The average Bonchev–Trinajstić information content (AvgIpc) is 2.96. The fourth-order valence-corrected chi connectivity index (χ4v) is 3.23. The minimum Gasteiger partial charge on any atom is -0.508 e. The number of aromatic amines is 1. The Labute approximate surface area is 151 Å². The molecular formula is C20H19N5O. The van der Waals surface area contributed by atoms with Gasteiger partial charge in [-0.05, 0) is 39.3 Å². The zero-order chi connectivity index (χ0) is 18.4. The van der Waals surface area contributed by atoms with E-state index in [4.69, 9.17) is 4.98 Å². The number of hydrogen-bond acceptors (Lipinski definition) is 5. The number of fused-ring (bicyclic) bond motifs is 1. The molecular weight excluding hydrogens is 326 g/mol. The number of benzene rings is 1. The van der Waals surface area contributed by atoms with Crippen LogP contribution in [-0.4, -0.2) is 30.0 Å². The summed E-state index contributed by atoms with van der Waals surface area (Å²) in [7, 11) is 0. The van der Waals surface area contributed by atoms with Crippen LogP contribution in [0.3, 0.4) is 0 Å². The monoisotopic (exact) mass is 345 g/mol. The van der Waals surface area contributed by atoms with E-state index in [-0.39, 0.29) is 5.75 Å². The Balaban J connectivity index is 1.90. The standard InChI is InChI=1S/C20H19N5O/c1-10-5-6-16(26)11(2)17(10)15-9-23-20-19(24-15)12(3)18(25-20)14-7-21-13(4)22-8-14/h5-9,26H,1-4H3,(H,23,25). The van der Waals surface area contributed by atoms with Crippen LogP contribution >= 0.6 is 0 Å². The number of hydrogen-bond donors (Lipinski definition) is 2. The van der Waals surface area contributed by atoms with Gasteiger partial charge < -0.3 is 10.1 Å². The molecule has 0 fully saturated rings. The number of H-pyrrole nitrogens is 1. The fourth-order valence-electron chi connectivity index (χ4n) is 3.23. The lowest BCUT2D eigenvalue weighted by Crippen LogP contribution is -1.93. The van der Waals surface area contributed by atoms with Crippen molar-refractivity contribution in [2.24, 2.45) is 0 Å². The maximum Gasteiger partial charge on any atom is 0.156 e. The molecule has 0 amide bonds. The minimum atomic E-state index is 0.260. The average molecular weight is 345 g/mol. The lowest BCUT2D eigenvalue weighted by Gasteiger charge is -2.10. The Morgan fingerprint density at radius 1 is 0.885 bits per heavy atom. The summed E-state index contributed by atoms with van der Waals surface area (Å²) in [5.74, 6) is 0.992. The summed E-state index contributed by atoms with van der Waals surface area (Å²) >= 11 is 0. The van der Waals surface area contributed by atoms with Crippen LogP contribution in [0.25, 0.3) is 33.7 Å². The Kier molecular flexibility index (Phi) is 3.68. The third-order valence-electron chi connectivity index (χ3n) is 4.72. The summed E-state index contributed by atoms with van der Waals surface area (Å²) in [6.07, 6.45) is 5.33. The van der Waals surface area contributed by atoms with Crippen molar-refractivity contribution < 1.29 is 5.11 Å². The van der Waals surface area contributed by atoms with Crippen molar-refractivity contribution in [3.8, 4) is 28.3 Å². The minimum absolute atomic E-state index is 0.260. The molecule has 4 rings (SSSR count). The Bertz CT molecular complexity index is 1130. The number of aromatic hydroxyl groups is 1. The molecule has 6 heteroatoms. The van der Waals surface area contributed by atoms with Gasteiger partial charge in [0.1, 0.15) is 17.1 Å². The molecule has 0 aliphatic heterocycles. The van der Waals surface area contributed by atoms with Crippen molar-refractivity contribution in [3.05, 3.63) is 53.2 Å². The summed E-state index contributed by atoms with van der Waals surface area (Å²) in [6, 6.07) is 3.60. The van der Waals surface area contributed by atoms with Gasteiger partial charge in [-0.3, -0.25) is 0 Å². The van der Waals surface area contributed by atoms with Crippen molar-refractivity contribution in [3.63, 3.8) is 0 Å². The summed E-state index contributed by atoms with van der Waals surface area (Å²) in [6.45, 7) is 7.77. The van der Waals surface area contributed by atoms with Crippen LogP contribution in [0.5, 0.6) is 5.75 Å². The summed E-state index contributed by atoms with van der Waals surface area (Å²) in [5, 5.41) is 10.1. The lowest BCUT2D eigenvalue weighted by atomic mass is 9.99. The molecule has 0 saturated carbocycles. The molecule has 0 aliphatic rings. The van der Waals surface area contributed by atoms with Gasteiger partial charge in [0.05, 0.1) is 17.6 Å².